The fraction of sp³-hybridized carbons (Fsp3) is 0. The van der Waals surface area contributed by atoms with Crippen molar-refractivity contribution < 1.29 is 14.7 Å². The van der Waals surface area contributed by atoms with E-state index in [1.165, 1.54) is 0 Å². The summed E-state index contributed by atoms with van der Waals surface area (Å²) in [5, 5.41) is 8.75. The number of carboxylic acid groups (broad SMARTS) is 1. The van der Waals surface area contributed by atoms with E-state index in [1.54, 1.807) is 0 Å². The zero-order valence-electron chi connectivity index (χ0n) is 7.15. The second kappa shape index (κ2) is 3.30. The molecule has 0 unspecified atom stereocenters. The van der Waals surface area contributed by atoms with Crippen LogP contribution < -0.4 is 27.9 Å². The molecule has 0 atom stereocenters. The van der Waals surface area contributed by atoms with E-state index in [0.29, 0.717) is 0 Å². The van der Waals surface area contributed by atoms with Crippen LogP contribution in [-0.4, -0.2) is 11.1 Å². The maximum atomic E-state index is 10.7. The van der Waals surface area contributed by atoms with Crippen molar-refractivity contribution in [2.24, 2.45) is 5.90 Å². The van der Waals surface area contributed by atoms with Crippen LogP contribution in [0.2, 0.25) is 0 Å². The molecule has 0 radical (unpaired) electrons. The Labute approximate surface area is 79.2 Å². The van der Waals surface area contributed by atoms with Gasteiger partial charge in [-0.1, -0.05) is 0 Å². The quantitative estimate of drug-likeness (QED) is 0.314. The molecule has 0 aromatic heterocycles. The van der Waals surface area contributed by atoms with Gasteiger partial charge in [0.25, 0.3) is 0 Å². The summed E-state index contributed by atoms with van der Waals surface area (Å²) in [5.41, 5.74) is 16.1. The summed E-state index contributed by atoms with van der Waals surface area (Å²) in [4.78, 5) is 15.0. The zero-order chi connectivity index (χ0) is 10.9. The van der Waals surface area contributed by atoms with E-state index in [-0.39, 0.29) is 28.4 Å². The van der Waals surface area contributed by atoms with Crippen LogP contribution in [0, 0.1) is 0 Å². The Hall–Kier alpha value is -2.15. The Balaban J connectivity index is 3.51. The largest absolute Gasteiger partial charge is 0.478 e. The predicted molar refractivity (Wildman–Crippen MR) is 51.5 cm³/mol. The van der Waals surface area contributed by atoms with Gasteiger partial charge in [-0.15, -0.1) is 0 Å². The average Bonchev–Trinajstić information content (AvgIpc) is 2.13. The standard InChI is InChI=1S/C7H10N4O3/c8-3-1-2(7(12)13)6(14-11)5(10)4(3)9/h1H,8-11H2,(H,12,13). The van der Waals surface area contributed by atoms with Gasteiger partial charge in [-0.3, -0.25) is 0 Å². The van der Waals surface area contributed by atoms with E-state index in [4.69, 9.17) is 28.2 Å². The number of rotatable bonds is 2. The third-order valence-electron chi connectivity index (χ3n) is 1.74. The molecule has 1 aromatic rings. The second-order valence-corrected chi connectivity index (χ2v) is 2.59. The summed E-state index contributed by atoms with van der Waals surface area (Å²) in [7, 11) is 0. The van der Waals surface area contributed by atoms with E-state index < -0.39 is 5.97 Å². The molecule has 7 nitrogen and oxygen atoms in total. The summed E-state index contributed by atoms with van der Waals surface area (Å²) < 4.78 is 0. The van der Waals surface area contributed by atoms with Gasteiger partial charge in [-0.25, -0.2) is 4.79 Å². The smallest absolute Gasteiger partial charge is 0.339 e. The van der Waals surface area contributed by atoms with Gasteiger partial charge in [0.2, 0.25) is 0 Å². The molecule has 76 valence electrons. The van der Waals surface area contributed by atoms with Crippen LogP contribution in [0.1, 0.15) is 10.4 Å². The van der Waals surface area contributed by atoms with Gasteiger partial charge < -0.3 is 27.1 Å². The molecule has 0 aliphatic heterocycles. The number of carboxylic acids is 1. The molecule has 1 rings (SSSR count). The molecule has 9 N–H and O–H groups in total. The van der Waals surface area contributed by atoms with Crippen LogP contribution >= 0.6 is 0 Å². The lowest BCUT2D eigenvalue weighted by molar-refractivity contribution is 0.0692. The third kappa shape index (κ3) is 1.36. The zero-order valence-corrected chi connectivity index (χ0v) is 7.15. The predicted octanol–water partition coefficient (Wildman–Crippen LogP) is -0.616. The molecule has 0 amide bonds. The lowest BCUT2D eigenvalue weighted by atomic mass is 10.1. The van der Waals surface area contributed by atoms with Crippen molar-refractivity contribution in [1.29, 1.82) is 0 Å². The van der Waals surface area contributed by atoms with Gasteiger partial charge in [-0.2, -0.15) is 5.90 Å². The van der Waals surface area contributed by atoms with E-state index in [0.717, 1.165) is 6.07 Å². The highest BCUT2D eigenvalue weighted by Gasteiger charge is 2.18. The lowest BCUT2D eigenvalue weighted by Gasteiger charge is -2.11. The van der Waals surface area contributed by atoms with Crippen LogP contribution in [0.3, 0.4) is 0 Å². The minimum absolute atomic E-state index is 0.0513. The van der Waals surface area contributed by atoms with Crippen molar-refractivity contribution in [2.75, 3.05) is 17.2 Å². The van der Waals surface area contributed by atoms with Gasteiger partial charge in [-0.05, 0) is 6.07 Å². The van der Waals surface area contributed by atoms with Gasteiger partial charge in [0.05, 0.1) is 11.4 Å². The molecule has 0 bridgehead atoms. The Bertz CT molecular complexity index is 391. The Morgan fingerprint density at radius 3 is 2.29 bits per heavy atom. The van der Waals surface area contributed by atoms with Gasteiger partial charge >= 0.3 is 5.97 Å². The van der Waals surface area contributed by atoms with Gasteiger partial charge in [0, 0.05) is 0 Å². The molecule has 0 aliphatic rings. The maximum absolute atomic E-state index is 10.7. The summed E-state index contributed by atoms with van der Waals surface area (Å²) in [6, 6.07) is 1.14. The van der Waals surface area contributed by atoms with Crippen molar-refractivity contribution in [3.8, 4) is 5.75 Å². The van der Waals surface area contributed by atoms with Gasteiger partial charge in [0.15, 0.2) is 5.75 Å². The Morgan fingerprint density at radius 2 is 1.86 bits per heavy atom. The van der Waals surface area contributed by atoms with Crippen molar-refractivity contribution in [1.82, 2.24) is 0 Å². The summed E-state index contributed by atoms with van der Waals surface area (Å²) in [6.07, 6.45) is 0. The number of carbonyl (C=O) groups is 1. The number of benzene rings is 1. The number of nitrogen functional groups attached to an aromatic ring is 3. The second-order valence-electron chi connectivity index (χ2n) is 2.59. The fourth-order valence-corrected chi connectivity index (χ4v) is 1.01. The number of hydrogen-bond donors (Lipinski definition) is 5. The molecule has 0 spiro atoms. The molecule has 1 aromatic carbocycles. The Morgan fingerprint density at radius 1 is 1.29 bits per heavy atom. The third-order valence-corrected chi connectivity index (χ3v) is 1.74. The van der Waals surface area contributed by atoms with Crippen molar-refractivity contribution >= 4 is 23.0 Å². The van der Waals surface area contributed by atoms with Crippen LogP contribution in [0.4, 0.5) is 17.1 Å². The topological polar surface area (TPSA) is 151 Å². The first kappa shape index (κ1) is 9.93. The number of anilines is 3. The summed E-state index contributed by atoms with van der Waals surface area (Å²) in [6.45, 7) is 0. The molecular formula is C7H10N4O3. The molecule has 0 heterocycles. The minimum Gasteiger partial charge on any atom is -0.478 e. The van der Waals surface area contributed by atoms with Crippen LogP contribution in [0.25, 0.3) is 0 Å². The molecule has 14 heavy (non-hydrogen) atoms. The van der Waals surface area contributed by atoms with Crippen molar-refractivity contribution in [2.45, 2.75) is 0 Å². The molecule has 0 fully saturated rings. The lowest BCUT2D eigenvalue weighted by Crippen LogP contribution is -2.13. The molecule has 0 aliphatic carbocycles. The Kier molecular flexibility index (Phi) is 2.34. The van der Waals surface area contributed by atoms with Crippen LogP contribution in [-0.2, 0) is 0 Å². The number of aromatic carboxylic acids is 1. The summed E-state index contributed by atoms with van der Waals surface area (Å²) >= 11 is 0. The van der Waals surface area contributed by atoms with Crippen LogP contribution in [0.5, 0.6) is 5.75 Å². The minimum atomic E-state index is -1.25. The highest BCUT2D eigenvalue weighted by molar-refractivity contribution is 5.98. The van der Waals surface area contributed by atoms with Crippen molar-refractivity contribution in [3.63, 3.8) is 0 Å². The fourth-order valence-electron chi connectivity index (χ4n) is 1.01. The van der Waals surface area contributed by atoms with E-state index in [1.807, 2.05) is 0 Å². The van der Waals surface area contributed by atoms with E-state index in [2.05, 4.69) is 4.84 Å². The molecule has 0 saturated heterocycles. The van der Waals surface area contributed by atoms with Gasteiger partial charge in [0.1, 0.15) is 11.3 Å². The van der Waals surface area contributed by atoms with E-state index >= 15 is 0 Å². The highest BCUT2D eigenvalue weighted by Crippen LogP contribution is 2.35. The monoisotopic (exact) mass is 198 g/mol. The van der Waals surface area contributed by atoms with E-state index in [9.17, 15) is 4.79 Å². The molecule has 7 heteroatoms. The number of hydrogen-bond acceptors (Lipinski definition) is 6. The molecule has 0 saturated carbocycles. The van der Waals surface area contributed by atoms with Crippen molar-refractivity contribution in [3.05, 3.63) is 11.6 Å². The maximum Gasteiger partial charge on any atom is 0.339 e. The summed E-state index contributed by atoms with van der Waals surface area (Å²) in [5.74, 6) is 3.43. The van der Waals surface area contributed by atoms with Crippen LogP contribution in [0.15, 0.2) is 6.07 Å². The highest BCUT2D eigenvalue weighted by atomic mass is 16.6. The first-order chi connectivity index (χ1) is 6.49. The average molecular weight is 198 g/mol. The normalized spacial score (nSPS) is 9.79. The number of nitrogens with two attached hydrogens (primary N) is 4. The SMILES string of the molecule is NOc1c(C(=O)O)cc(N)c(N)c1N. The first-order valence-corrected chi connectivity index (χ1v) is 3.56. The molecular weight excluding hydrogens is 188 g/mol. The first-order valence-electron chi connectivity index (χ1n) is 3.56.